The molecule has 0 radical (unpaired) electrons. The molecule has 0 spiro atoms. The van der Waals surface area contributed by atoms with Crippen LogP contribution >= 0.6 is 11.6 Å². The Balaban J connectivity index is 1.66. The van der Waals surface area contributed by atoms with E-state index in [2.05, 4.69) is 5.32 Å². The van der Waals surface area contributed by atoms with E-state index < -0.39 is 22.7 Å². The Kier molecular flexibility index (Phi) is 6.04. The number of amides is 1. The third kappa shape index (κ3) is 5.22. The lowest BCUT2D eigenvalue weighted by atomic mass is 10.1. The number of rotatable bonds is 4. The fourth-order valence-corrected chi connectivity index (χ4v) is 3.15. The summed E-state index contributed by atoms with van der Waals surface area (Å²) in [6.07, 6.45) is -4.58. The molecule has 0 atom stereocenters. The number of morpholine rings is 1. The molecular weight excluding hydrogens is 381 g/mol. The Hall–Kier alpha value is -2.09. The SMILES string of the molecule is O=C(Nc1ccc(Cl)c(C(F)(F)F)c1)c1ccc(C[NH+]2CCOCC2)cc1. The Labute approximate surface area is 159 Å². The lowest BCUT2D eigenvalue weighted by molar-refractivity contribution is -0.921. The number of alkyl halides is 3. The van der Waals surface area contributed by atoms with Crippen molar-refractivity contribution < 1.29 is 27.6 Å². The predicted molar refractivity (Wildman–Crippen MR) is 96.1 cm³/mol. The Bertz CT molecular complexity index is 804. The van der Waals surface area contributed by atoms with Crippen molar-refractivity contribution in [3.63, 3.8) is 0 Å². The second-order valence-electron chi connectivity index (χ2n) is 6.38. The summed E-state index contributed by atoms with van der Waals surface area (Å²) in [5, 5.41) is 2.07. The van der Waals surface area contributed by atoms with Crippen LogP contribution in [0.15, 0.2) is 42.5 Å². The van der Waals surface area contributed by atoms with Crippen LogP contribution in [0, 0.1) is 0 Å². The summed E-state index contributed by atoms with van der Waals surface area (Å²) >= 11 is 5.59. The molecule has 1 fully saturated rings. The molecule has 0 unspecified atom stereocenters. The number of ether oxygens (including phenoxy) is 1. The molecule has 2 aromatic rings. The van der Waals surface area contributed by atoms with Crippen molar-refractivity contribution in [3.05, 3.63) is 64.2 Å². The summed E-state index contributed by atoms with van der Waals surface area (Å²) in [6, 6.07) is 10.4. The number of nitrogens with one attached hydrogen (secondary N) is 2. The third-order valence-electron chi connectivity index (χ3n) is 4.40. The fourth-order valence-electron chi connectivity index (χ4n) is 2.92. The van der Waals surface area contributed by atoms with Gasteiger partial charge in [-0.3, -0.25) is 4.79 Å². The van der Waals surface area contributed by atoms with E-state index in [1.807, 2.05) is 12.1 Å². The van der Waals surface area contributed by atoms with Gasteiger partial charge in [-0.1, -0.05) is 23.7 Å². The van der Waals surface area contributed by atoms with Gasteiger partial charge in [0.15, 0.2) is 0 Å². The van der Waals surface area contributed by atoms with Gasteiger partial charge in [-0.2, -0.15) is 13.2 Å². The van der Waals surface area contributed by atoms with Crippen molar-refractivity contribution in [2.24, 2.45) is 0 Å². The maximum Gasteiger partial charge on any atom is 0.417 e. The fraction of sp³-hybridized carbons (Fsp3) is 0.316. The zero-order chi connectivity index (χ0) is 19.4. The number of benzene rings is 2. The molecule has 0 bridgehead atoms. The van der Waals surface area contributed by atoms with Gasteiger partial charge in [0.1, 0.15) is 19.6 Å². The molecule has 0 saturated carbocycles. The maximum atomic E-state index is 12.9. The number of quaternary nitrogens is 1. The van der Waals surface area contributed by atoms with E-state index >= 15 is 0 Å². The second kappa shape index (κ2) is 8.29. The van der Waals surface area contributed by atoms with Crippen LogP contribution in [0.3, 0.4) is 0 Å². The van der Waals surface area contributed by atoms with Gasteiger partial charge in [-0.25, -0.2) is 0 Å². The number of carbonyl (C=O) groups is 1. The maximum absolute atomic E-state index is 12.9. The van der Waals surface area contributed by atoms with Crippen molar-refractivity contribution >= 4 is 23.2 Å². The van der Waals surface area contributed by atoms with Crippen LogP contribution < -0.4 is 10.2 Å². The highest BCUT2D eigenvalue weighted by Gasteiger charge is 2.33. The molecule has 0 aliphatic carbocycles. The molecule has 2 N–H and O–H groups in total. The zero-order valence-electron chi connectivity index (χ0n) is 14.4. The van der Waals surface area contributed by atoms with E-state index in [9.17, 15) is 18.0 Å². The van der Waals surface area contributed by atoms with E-state index in [0.29, 0.717) is 5.56 Å². The normalized spacial score (nSPS) is 15.6. The molecule has 1 heterocycles. The summed E-state index contributed by atoms with van der Waals surface area (Å²) in [4.78, 5) is 13.7. The van der Waals surface area contributed by atoms with Gasteiger partial charge in [0.05, 0.1) is 23.8 Å². The molecule has 1 amide bonds. The molecule has 144 valence electrons. The summed E-state index contributed by atoms with van der Waals surface area (Å²) < 4.78 is 44.1. The molecule has 3 rings (SSSR count). The predicted octanol–water partition coefficient (Wildman–Crippen LogP) is 3.03. The molecular formula is C19H19ClF3N2O2+. The van der Waals surface area contributed by atoms with Gasteiger partial charge in [0.25, 0.3) is 5.91 Å². The van der Waals surface area contributed by atoms with Crippen LogP contribution in [0.1, 0.15) is 21.5 Å². The van der Waals surface area contributed by atoms with E-state index in [1.54, 1.807) is 12.1 Å². The van der Waals surface area contributed by atoms with Crippen LogP contribution in [0.25, 0.3) is 0 Å². The highest BCUT2D eigenvalue weighted by atomic mass is 35.5. The molecule has 1 saturated heterocycles. The topological polar surface area (TPSA) is 42.8 Å². The third-order valence-corrected chi connectivity index (χ3v) is 4.73. The lowest BCUT2D eigenvalue weighted by Gasteiger charge is -2.23. The number of halogens is 4. The van der Waals surface area contributed by atoms with Gasteiger partial charge in [-0.15, -0.1) is 0 Å². The minimum atomic E-state index is -4.58. The summed E-state index contributed by atoms with van der Waals surface area (Å²) in [7, 11) is 0. The summed E-state index contributed by atoms with van der Waals surface area (Å²) in [5.41, 5.74) is 0.526. The highest BCUT2D eigenvalue weighted by Crippen LogP contribution is 2.36. The van der Waals surface area contributed by atoms with E-state index in [1.165, 1.54) is 11.0 Å². The van der Waals surface area contributed by atoms with E-state index in [-0.39, 0.29) is 5.69 Å². The second-order valence-corrected chi connectivity index (χ2v) is 6.79. The Morgan fingerprint density at radius 3 is 2.41 bits per heavy atom. The van der Waals surface area contributed by atoms with Crippen LogP contribution in [0.5, 0.6) is 0 Å². The highest BCUT2D eigenvalue weighted by molar-refractivity contribution is 6.31. The smallest absolute Gasteiger partial charge is 0.370 e. The average molecular weight is 400 g/mol. The molecule has 2 aromatic carbocycles. The first-order chi connectivity index (χ1) is 12.8. The molecule has 4 nitrogen and oxygen atoms in total. The number of hydrogen-bond donors (Lipinski definition) is 2. The standard InChI is InChI=1S/C19H18ClF3N2O2/c20-17-6-5-15(11-16(17)19(21,22)23)24-18(26)14-3-1-13(2-4-14)12-25-7-9-27-10-8-25/h1-6,11H,7-10,12H2,(H,24,26)/p+1. The number of hydrogen-bond acceptors (Lipinski definition) is 2. The minimum absolute atomic E-state index is 0.0403. The van der Waals surface area contributed by atoms with Crippen LogP contribution in [0.2, 0.25) is 5.02 Å². The zero-order valence-corrected chi connectivity index (χ0v) is 15.2. The first kappa shape index (κ1) is 19.7. The lowest BCUT2D eigenvalue weighted by Crippen LogP contribution is -3.12. The first-order valence-corrected chi connectivity index (χ1v) is 8.89. The summed E-state index contributed by atoms with van der Waals surface area (Å²) in [6.45, 7) is 4.23. The van der Waals surface area contributed by atoms with Crippen LogP contribution in [0.4, 0.5) is 18.9 Å². The Morgan fingerprint density at radius 1 is 1.11 bits per heavy atom. The monoisotopic (exact) mass is 399 g/mol. The average Bonchev–Trinajstić information content (AvgIpc) is 2.64. The van der Waals surface area contributed by atoms with Crippen LogP contribution in [-0.2, 0) is 17.5 Å². The van der Waals surface area contributed by atoms with Gasteiger partial charge >= 0.3 is 6.18 Å². The quantitative estimate of drug-likeness (QED) is 0.830. The van der Waals surface area contributed by atoms with Crippen LogP contribution in [-0.4, -0.2) is 32.2 Å². The van der Waals surface area contributed by atoms with E-state index in [0.717, 1.165) is 50.5 Å². The number of carbonyl (C=O) groups excluding carboxylic acids is 1. The van der Waals surface area contributed by atoms with Gasteiger partial charge in [-0.05, 0) is 30.3 Å². The minimum Gasteiger partial charge on any atom is -0.370 e. The number of anilines is 1. The summed E-state index contributed by atoms with van der Waals surface area (Å²) in [5.74, 6) is -0.476. The molecule has 27 heavy (non-hydrogen) atoms. The molecule has 1 aliphatic heterocycles. The van der Waals surface area contributed by atoms with Crippen molar-refractivity contribution in [3.8, 4) is 0 Å². The van der Waals surface area contributed by atoms with Crippen molar-refractivity contribution in [1.29, 1.82) is 0 Å². The Morgan fingerprint density at radius 2 is 1.78 bits per heavy atom. The van der Waals surface area contributed by atoms with E-state index in [4.69, 9.17) is 16.3 Å². The van der Waals surface area contributed by atoms with Crippen molar-refractivity contribution in [2.75, 3.05) is 31.6 Å². The molecule has 1 aliphatic rings. The first-order valence-electron chi connectivity index (χ1n) is 8.51. The van der Waals surface area contributed by atoms with Gasteiger partial charge in [0, 0.05) is 16.8 Å². The van der Waals surface area contributed by atoms with Crippen molar-refractivity contribution in [2.45, 2.75) is 12.7 Å². The van der Waals surface area contributed by atoms with Gasteiger partial charge in [0.2, 0.25) is 0 Å². The molecule has 8 heteroatoms. The molecule has 0 aromatic heterocycles. The largest absolute Gasteiger partial charge is 0.417 e. The van der Waals surface area contributed by atoms with Gasteiger partial charge < -0.3 is 15.0 Å². The van der Waals surface area contributed by atoms with Crippen molar-refractivity contribution in [1.82, 2.24) is 0 Å².